The third-order valence-corrected chi connectivity index (χ3v) is 0.850. The van der Waals surface area contributed by atoms with Crippen molar-refractivity contribution in [3.63, 3.8) is 0 Å². The van der Waals surface area contributed by atoms with Crippen molar-refractivity contribution < 1.29 is 9.69 Å². The minimum Gasteiger partial charge on any atom is -0.355 e. The molecule has 3 nitrogen and oxygen atoms in total. The molecule has 0 radical (unpaired) electrons. The minimum atomic E-state index is -0.243. The first-order chi connectivity index (χ1) is 3.80. The normalized spacial score (nSPS) is 26.6. The fraction of sp³-hybridized carbons (Fsp3) is 0. The number of rotatable bonds is 0. The van der Waals surface area contributed by atoms with Crippen molar-refractivity contribution in [2.45, 2.75) is 0 Å². The summed E-state index contributed by atoms with van der Waals surface area (Å²) in [4.78, 5) is 14.4. The van der Waals surface area contributed by atoms with Crippen LogP contribution in [0.3, 0.4) is 0 Å². The summed E-state index contributed by atoms with van der Waals surface area (Å²) < 4.78 is 0. The van der Waals surface area contributed by atoms with Crippen molar-refractivity contribution in [3.05, 3.63) is 19.3 Å². The van der Waals surface area contributed by atoms with Gasteiger partial charge in [0.1, 0.15) is 0 Å². The van der Waals surface area contributed by atoms with Crippen LogP contribution in [0.5, 0.6) is 0 Å². The number of carbonyl (C=O) groups excluding carboxylic acids is 1. The highest BCUT2D eigenvalue weighted by molar-refractivity contribution is 5.85. The van der Waals surface area contributed by atoms with Crippen molar-refractivity contribution >= 4 is 12.2 Å². The van der Waals surface area contributed by atoms with E-state index in [4.69, 9.17) is 0 Å². The maximum Gasteiger partial charge on any atom is 0.419 e. The third-order valence-electron chi connectivity index (χ3n) is 0.850. The van der Waals surface area contributed by atoms with E-state index in [-0.39, 0.29) is 6.03 Å². The monoisotopic (exact) mass is 110 g/mol. The van der Waals surface area contributed by atoms with E-state index in [2.05, 4.69) is 12.0 Å². The zero-order valence-electron chi connectivity index (χ0n) is 4.29. The number of amides is 2. The van der Waals surface area contributed by atoms with Crippen LogP contribution in [-0.4, -0.2) is 12.2 Å². The van der Waals surface area contributed by atoms with E-state index in [0.29, 0.717) is 4.90 Å². The van der Waals surface area contributed by atoms with Crippen LogP contribution in [0.4, 0.5) is 4.79 Å². The van der Waals surface area contributed by atoms with Gasteiger partial charge in [0.15, 0.2) is 0 Å². The second-order valence-electron chi connectivity index (χ2n) is 1.47. The first-order valence-corrected chi connectivity index (χ1v) is 2.24. The van der Waals surface area contributed by atoms with Crippen molar-refractivity contribution in [3.8, 4) is 0 Å². The average molecular weight is 110 g/mol. The van der Waals surface area contributed by atoms with Crippen LogP contribution in [0.2, 0.25) is 0 Å². The number of carbonyl (C=O) groups is 1. The number of hydrogen-bond donors (Lipinski definition) is 1. The molecule has 0 aromatic carbocycles. The van der Waals surface area contributed by atoms with E-state index < -0.39 is 0 Å². The van der Waals surface area contributed by atoms with Gasteiger partial charge in [0.05, 0.1) is 6.20 Å². The lowest BCUT2D eigenvalue weighted by Crippen LogP contribution is -3.04. The number of hydrogen-bond acceptors (Lipinski definition) is 1. The van der Waals surface area contributed by atoms with Gasteiger partial charge in [-0.2, -0.15) is 4.99 Å². The standard InChI is InChI=1S/C5H6N2O/c1-7-4-2-3-6-5(7)8/h2-4,7H,1H2. The van der Waals surface area contributed by atoms with Crippen molar-refractivity contribution in [1.82, 2.24) is 0 Å². The van der Waals surface area contributed by atoms with Gasteiger partial charge in [-0.25, -0.2) is 4.79 Å². The molecule has 0 fully saturated rings. The van der Waals surface area contributed by atoms with Crippen molar-refractivity contribution in [2.75, 3.05) is 0 Å². The van der Waals surface area contributed by atoms with Gasteiger partial charge >= 0.3 is 6.03 Å². The van der Waals surface area contributed by atoms with E-state index in [1.54, 1.807) is 12.3 Å². The zero-order valence-corrected chi connectivity index (χ0v) is 4.29. The van der Waals surface area contributed by atoms with Crippen LogP contribution < -0.4 is 4.90 Å². The Labute approximate surface area is 47.3 Å². The fourth-order valence-corrected chi connectivity index (χ4v) is 0.424. The largest absolute Gasteiger partial charge is 0.419 e. The van der Waals surface area contributed by atoms with Gasteiger partial charge in [-0.05, 0) is 0 Å². The molecule has 0 saturated carbocycles. The highest BCUT2D eigenvalue weighted by Gasteiger charge is 2.04. The van der Waals surface area contributed by atoms with Gasteiger partial charge in [-0.1, -0.05) is 0 Å². The minimum absolute atomic E-state index is 0.243. The molecule has 1 rings (SSSR count). The summed E-state index contributed by atoms with van der Waals surface area (Å²) in [6.45, 7) is 0. The first kappa shape index (κ1) is 5.18. The molecule has 3 heteroatoms. The topological polar surface area (TPSA) is 33.9 Å². The Kier molecular flexibility index (Phi) is 1.22. The molecule has 1 unspecified atom stereocenters. The highest BCUT2D eigenvalue weighted by Crippen LogP contribution is 1.72. The number of allylic oxidation sites excluding steroid dienone is 1. The lowest BCUT2D eigenvalue weighted by atomic mass is 10.5. The number of urea groups is 1. The zero-order chi connectivity index (χ0) is 5.98. The molecular formula is C5H6N2O. The molecule has 1 atom stereocenters. The molecule has 1 aliphatic rings. The molecule has 0 aliphatic carbocycles. The van der Waals surface area contributed by atoms with Gasteiger partial charge in [-0.15, -0.1) is 7.05 Å². The molecule has 1 aliphatic heterocycles. The Morgan fingerprint density at radius 2 is 2.50 bits per heavy atom. The molecule has 0 saturated heterocycles. The van der Waals surface area contributed by atoms with Crippen LogP contribution in [0.15, 0.2) is 17.3 Å². The smallest absolute Gasteiger partial charge is 0.355 e. The third kappa shape index (κ3) is 0.816. The SMILES string of the molecule is [CH2-][NH+]1C=CC=NC1=O. The molecule has 0 bridgehead atoms. The van der Waals surface area contributed by atoms with E-state index in [9.17, 15) is 4.79 Å². The van der Waals surface area contributed by atoms with E-state index in [0.717, 1.165) is 0 Å². The molecule has 0 spiro atoms. The summed E-state index contributed by atoms with van der Waals surface area (Å²) in [5, 5.41) is 0. The summed E-state index contributed by atoms with van der Waals surface area (Å²) in [6.07, 6.45) is 4.77. The van der Waals surface area contributed by atoms with Crippen LogP contribution in [0.1, 0.15) is 0 Å². The van der Waals surface area contributed by atoms with Crippen LogP contribution in [0.25, 0.3) is 0 Å². The summed E-state index contributed by atoms with van der Waals surface area (Å²) in [5.74, 6) is 0. The fourth-order valence-electron chi connectivity index (χ4n) is 0.424. The quantitative estimate of drug-likeness (QED) is 0.414. The molecule has 0 aromatic rings. The molecule has 1 N–H and O–H groups in total. The molecule has 42 valence electrons. The Hall–Kier alpha value is -0.960. The lowest BCUT2D eigenvalue weighted by Gasteiger charge is -2.09. The van der Waals surface area contributed by atoms with Crippen molar-refractivity contribution in [2.24, 2.45) is 4.99 Å². The molecule has 1 heterocycles. The van der Waals surface area contributed by atoms with Crippen LogP contribution in [-0.2, 0) is 0 Å². The van der Waals surface area contributed by atoms with E-state index >= 15 is 0 Å². The maximum absolute atomic E-state index is 10.4. The number of nitrogens with zero attached hydrogens (tertiary/aromatic N) is 1. The molecule has 8 heavy (non-hydrogen) atoms. The Bertz CT molecular complexity index is 160. The molecular weight excluding hydrogens is 104 g/mol. The predicted molar refractivity (Wildman–Crippen MR) is 29.3 cm³/mol. The Morgan fingerprint density at radius 3 is 2.88 bits per heavy atom. The van der Waals surface area contributed by atoms with Gasteiger partial charge in [0, 0.05) is 12.3 Å². The number of quaternary nitrogens is 1. The van der Waals surface area contributed by atoms with Gasteiger partial charge in [0.25, 0.3) is 0 Å². The van der Waals surface area contributed by atoms with Crippen LogP contribution >= 0.6 is 0 Å². The highest BCUT2D eigenvalue weighted by atomic mass is 16.2. The number of nitrogens with one attached hydrogen (secondary N) is 1. The van der Waals surface area contributed by atoms with Crippen LogP contribution in [0, 0.1) is 7.05 Å². The summed E-state index contributed by atoms with van der Waals surface area (Å²) >= 11 is 0. The van der Waals surface area contributed by atoms with Gasteiger partial charge in [-0.3, -0.25) is 0 Å². The Morgan fingerprint density at radius 1 is 1.75 bits per heavy atom. The first-order valence-electron chi connectivity index (χ1n) is 2.24. The van der Waals surface area contributed by atoms with E-state index in [1.807, 2.05) is 0 Å². The van der Waals surface area contributed by atoms with Gasteiger partial charge < -0.3 is 4.90 Å². The summed E-state index contributed by atoms with van der Waals surface area (Å²) in [7, 11) is 3.45. The predicted octanol–water partition coefficient (Wildman–Crippen LogP) is -0.619. The Balaban J connectivity index is 2.74. The van der Waals surface area contributed by atoms with Crippen molar-refractivity contribution in [1.29, 1.82) is 0 Å². The maximum atomic E-state index is 10.4. The second-order valence-corrected chi connectivity index (χ2v) is 1.47. The molecule has 2 amide bonds. The summed E-state index contributed by atoms with van der Waals surface area (Å²) in [5.41, 5.74) is 0. The number of aliphatic imine (C=N–C) groups is 1. The summed E-state index contributed by atoms with van der Waals surface area (Å²) in [6, 6.07) is -0.243. The second kappa shape index (κ2) is 1.88. The molecule has 0 aromatic heterocycles. The van der Waals surface area contributed by atoms with Gasteiger partial charge in [0.2, 0.25) is 0 Å². The average Bonchev–Trinajstić information content (AvgIpc) is 1.77. The lowest BCUT2D eigenvalue weighted by molar-refractivity contribution is -0.701. The van der Waals surface area contributed by atoms with E-state index in [1.165, 1.54) is 6.21 Å².